The van der Waals surface area contributed by atoms with E-state index in [9.17, 15) is 4.79 Å². The number of halogens is 1. The Kier molecular flexibility index (Phi) is 5.61. The molecule has 1 amide bonds. The van der Waals surface area contributed by atoms with Crippen LogP contribution in [0.5, 0.6) is 17.8 Å². The maximum absolute atomic E-state index is 12.5. The van der Waals surface area contributed by atoms with E-state index in [1.807, 2.05) is 13.0 Å². The molecule has 2 N–H and O–H groups in total. The summed E-state index contributed by atoms with van der Waals surface area (Å²) in [5.41, 5.74) is 1.92. The minimum Gasteiger partial charge on any atom is -0.461 e. The van der Waals surface area contributed by atoms with Crippen LogP contribution < -0.4 is 20.1 Å². The molecule has 0 saturated carbocycles. The van der Waals surface area contributed by atoms with Crippen LogP contribution in [0.3, 0.4) is 0 Å². The van der Waals surface area contributed by atoms with Gasteiger partial charge in [-0.05, 0) is 25.1 Å². The van der Waals surface area contributed by atoms with Gasteiger partial charge in [-0.2, -0.15) is 9.97 Å². The lowest BCUT2D eigenvalue weighted by Crippen LogP contribution is -2.34. The van der Waals surface area contributed by atoms with Crippen molar-refractivity contribution < 1.29 is 23.4 Å². The number of hydrogen-bond donors (Lipinski definition) is 2. The van der Waals surface area contributed by atoms with Crippen molar-refractivity contribution in [3.05, 3.63) is 41.2 Å². The number of nitrogens with one attached hydrogen (secondary N) is 2. The largest absolute Gasteiger partial charge is 0.461 e. The molecular formula is C22H20ClN5O5. The maximum Gasteiger partial charge on any atom is 0.321 e. The second-order valence-corrected chi connectivity index (χ2v) is 7.86. The van der Waals surface area contributed by atoms with E-state index in [1.165, 1.54) is 6.07 Å². The number of nitrogens with zero attached hydrogens (tertiary/aromatic N) is 3. The van der Waals surface area contributed by atoms with Crippen molar-refractivity contribution >= 4 is 45.1 Å². The van der Waals surface area contributed by atoms with Crippen LogP contribution in [0.25, 0.3) is 21.9 Å². The maximum atomic E-state index is 12.5. The third kappa shape index (κ3) is 4.22. The molecule has 0 radical (unpaired) electrons. The number of rotatable bonds is 6. The third-order valence-electron chi connectivity index (χ3n) is 5.04. The monoisotopic (exact) mass is 469 g/mol. The molecule has 4 heterocycles. The summed E-state index contributed by atoms with van der Waals surface area (Å²) in [5.74, 6) is 0.524. The van der Waals surface area contributed by atoms with Crippen LogP contribution in [0.1, 0.15) is 17.5 Å². The van der Waals surface area contributed by atoms with Gasteiger partial charge in [0.15, 0.2) is 0 Å². The lowest BCUT2D eigenvalue weighted by molar-refractivity contribution is 0.0920. The van der Waals surface area contributed by atoms with Gasteiger partial charge in [-0.15, -0.1) is 0 Å². The Morgan fingerprint density at radius 1 is 1.15 bits per heavy atom. The molecule has 3 aromatic heterocycles. The van der Waals surface area contributed by atoms with E-state index in [2.05, 4.69) is 25.6 Å². The fourth-order valence-corrected chi connectivity index (χ4v) is 3.75. The minimum atomic E-state index is -0.246. The van der Waals surface area contributed by atoms with Gasteiger partial charge < -0.3 is 29.3 Å². The SMILES string of the molecule is COCCOc1nc(Cl)cc(Oc2ccc3c(ccc4oc5c(c43)NCC(C)NC5=O)n2)n1. The molecule has 4 aromatic rings. The third-order valence-corrected chi connectivity index (χ3v) is 5.24. The number of amides is 1. The summed E-state index contributed by atoms with van der Waals surface area (Å²) < 4.78 is 22.0. The summed E-state index contributed by atoms with van der Waals surface area (Å²) >= 11 is 6.07. The molecule has 0 aliphatic carbocycles. The van der Waals surface area contributed by atoms with E-state index >= 15 is 0 Å². The van der Waals surface area contributed by atoms with Crippen LogP contribution >= 0.6 is 11.6 Å². The average Bonchev–Trinajstić information content (AvgIpc) is 3.10. The highest BCUT2D eigenvalue weighted by molar-refractivity contribution is 6.29. The highest BCUT2D eigenvalue weighted by atomic mass is 35.5. The number of fused-ring (bicyclic) bond motifs is 5. The minimum absolute atomic E-state index is 0.0219. The number of anilines is 1. The molecule has 10 nitrogen and oxygen atoms in total. The molecular weight excluding hydrogens is 450 g/mol. The molecule has 1 unspecified atom stereocenters. The number of ether oxygens (including phenoxy) is 3. The zero-order chi connectivity index (χ0) is 22.9. The number of benzene rings is 1. The number of hydrogen-bond acceptors (Lipinski definition) is 9. The van der Waals surface area contributed by atoms with Gasteiger partial charge in [0.1, 0.15) is 17.3 Å². The van der Waals surface area contributed by atoms with Crippen molar-refractivity contribution in [2.24, 2.45) is 0 Å². The normalized spacial score (nSPS) is 15.6. The first kappa shape index (κ1) is 21.2. The van der Waals surface area contributed by atoms with Crippen molar-refractivity contribution in [3.63, 3.8) is 0 Å². The number of aromatic nitrogens is 3. The van der Waals surface area contributed by atoms with Gasteiger partial charge in [0, 0.05) is 37.2 Å². The molecule has 170 valence electrons. The predicted molar refractivity (Wildman–Crippen MR) is 121 cm³/mol. The molecule has 1 atom stereocenters. The summed E-state index contributed by atoms with van der Waals surface area (Å²) in [4.78, 5) is 25.3. The fraction of sp³-hybridized carbons (Fsp3) is 0.273. The predicted octanol–water partition coefficient (Wildman–Crippen LogP) is 3.79. The Labute approximate surface area is 193 Å². The van der Waals surface area contributed by atoms with E-state index in [0.717, 1.165) is 10.8 Å². The molecule has 0 saturated heterocycles. The Morgan fingerprint density at radius 2 is 2.03 bits per heavy atom. The number of carbonyl (C=O) groups excluding carboxylic acids is 1. The lowest BCUT2D eigenvalue weighted by atomic mass is 10.1. The van der Waals surface area contributed by atoms with Crippen molar-refractivity contribution in [2.45, 2.75) is 13.0 Å². The van der Waals surface area contributed by atoms with E-state index in [4.69, 9.17) is 30.2 Å². The smallest absolute Gasteiger partial charge is 0.321 e. The van der Waals surface area contributed by atoms with Crippen LogP contribution in [0.4, 0.5) is 5.69 Å². The summed E-state index contributed by atoms with van der Waals surface area (Å²) in [6, 6.07) is 8.69. The molecule has 0 spiro atoms. The number of methoxy groups -OCH3 is 1. The standard InChI is InChI=1S/C22H20ClN5O5/c1-11-10-24-19-18-12-3-6-16(26-13(12)4-5-14(18)32-20(19)21(29)25-11)33-17-9-15(23)27-22(28-17)31-8-7-30-2/h3-6,9,11,24H,7-8,10H2,1-2H3,(H,25,29). The highest BCUT2D eigenvalue weighted by Gasteiger charge is 2.26. The van der Waals surface area contributed by atoms with Crippen molar-refractivity contribution in [1.29, 1.82) is 0 Å². The first-order valence-electron chi connectivity index (χ1n) is 10.3. The van der Waals surface area contributed by atoms with Crippen LogP contribution in [0.15, 0.2) is 34.7 Å². The van der Waals surface area contributed by atoms with Crippen molar-refractivity contribution in [3.8, 4) is 17.8 Å². The van der Waals surface area contributed by atoms with Crippen LogP contribution in [0.2, 0.25) is 5.15 Å². The second kappa shape index (κ2) is 8.72. The molecule has 1 aromatic carbocycles. The number of pyridine rings is 1. The highest BCUT2D eigenvalue weighted by Crippen LogP contribution is 2.37. The van der Waals surface area contributed by atoms with E-state index in [0.29, 0.717) is 35.8 Å². The van der Waals surface area contributed by atoms with Gasteiger partial charge in [-0.3, -0.25) is 4.79 Å². The molecule has 1 aliphatic rings. The van der Waals surface area contributed by atoms with E-state index in [-0.39, 0.29) is 41.4 Å². The van der Waals surface area contributed by atoms with Crippen molar-refractivity contribution in [2.75, 3.05) is 32.2 Å². The molecule has 1 aliphatic heterocycles. The fourth-order valence-electron chi connectivity index (χ4n) is 3.58. The molecule has 11 heteroatoms. The van der Waals surface area contributed by atoms with Crippen LogP contribution in [-0.2, 0) is 4.74 Å². The zero-order valence-corrected chi connectivity index (χ0v) is 18.6. The van der Waals surface area contributed by atoms with E-state index < -0.39 is 0 Å². The Hall–Kier alpha value is -3.63. The molecule has 0 fully saturated rings. The van der Waals surface area contributed by atoms with Gasteiger partial charge in [0.2, 0.25) is 17.5 Å². The van der Waals surface area contributed by atoms with Crippen LogP contribution in [-0.4, -0.2) is 53.8 Å². The molecule has 33 heavy (non-hydrogen) atoms. The topological polar surface area (TPSA) is 121 Å². The Balaban J connectivity index is 1.48. The van der Waals surface area contributed by atoms with Gasteiger partial charge in [0.25, 0.3) is 5.91 Å². The summed E-state index contributed by atoms with van der Waals surface area (Å²) in [6.07, 6.45) is 0. The van der Waals surface area contributed by atoms with Crippen molar-refractivity contribution in [1.82, 2.24) is 20.3 Å². The quantitative estimate of drug-likeness (QED) is 0.321. The number of furan rings is 1. The van der Waals surface area contributed by atoms with E-state index in [1.54, 1.807) is 25.3 Å². The molecule has 0 bridgehead atoms. The first-order valence-corrected chi connectivity index (χ1v) is 10.6. The number of carbonyl (C=O) groups is 1. The van der Waals surface area contributed by atoms with Gasteiger partial charge in [-0.25, -0.2) is 4.98 Å². The Bertz CT molecular complexity index is 1360. The first-order chi connectivity index (χ1) is 16.0. The zero-order valence-electron chi connectivity index (χ0n) is 17.8. The second-order valence-electron chi connectivity index (χ2n) is 7.47. The van der Waals surface area contributed by atoms with Gasteiger partial charge in [0.05, 0.1) is 23.2 Å². The van der Waals surface area contributed by atoms with Crippen LogP contribution in [0, 0.1) is 0 Å². The lowest BCUT2D eigenvalue weighted by Gasteiger charge is -2.10. The van der Waals surface area contributed by atoms with Gasteiger partial charge in [-0.1, -0.05) is 11.6 Å². The Morgan fingerprint density at radius 3 is 2.88 bits per heavy atom. The van der Waals surface area contributed by atoms with Gasteiger partial charge >= 0.3 is 6.01 Å². The summed E-state index contributed by atoms with van der Waals surface area (Å²) in [5, 5.41) is 8.01. The summed E-state index contributed by atoms with van der Waals surface area (Å²) in [7, 11) is 1.57. The average molecular weight is 470 g/mol. The molecule has 5 rings (SSSR count). The summed E-state index contributed by atoms with van der Waals surface area (Å²) in [6.45, 7) is 3.18.